The molecule has 0 aromatic rings. The van der Waals surface area contributed by atoms with Crippen LogP contribution < -0.4 is 5.32 Å². The molecule has 0 bridgehead atoms. The van der Waals surface area contributed by atoms with Crippen LogP contribution in [-0.4, -0.2) is 49.7 Å². The number of nitrogens with one attached hydrogen (secondary N) is 1. The van der Waals surface area contributed by atoms with Gasteiger partial charge in [0.2, 0.25) is 0 Å². The summed E-state index contributed by atoms with van der Waals surface area (Å²) in [4.78, 5) is 14.0. The zero-order chi connectivity index (χ0) is 12.7. The van der Waals surface area contributed by atoms with Gasteiger partial charge in [0, 0.05) is 6.04 Å². The van der Waals surface area contributed by atoms with Crippen molar-refractivity contribution in [3.63, 3.8) is 0 Å². The Hall–Kier alpha value is -0.610. The molecule has 1 atom stereocenters. The topological polar surface area (TPSA) is 41.6 Å². The summed E-state index contributed by atoms with van der Waals surface area (Å²) in [6.45, 7) is 7.71. The average Bonchev–Trinajstić information content (AvgIpc) is 2.37. The highest BCUT2D eigenvalue weighted by atomic mass is 16.5. The second kappa shape index (κ2) is 7.67. The third kappa shape index (κ3) is 4.64. The van der Waals surface area contributed by atoms with E-state index in [1.807, 2.05) is 6.92 Å². The number of hydrogen-bond donors (Lipinski definition) is 1. The number of carbonyl (C=O) groups excluding carboxylic acids is 1. The van der Waals surface area contributed by atoms with Gasteiger partial charge in [0.25, 0.3) is 0 Å². The fourth-order valence-corrected chi connectivity index (χ4v) is 2.42. The average molecular weight is 242 g/mol. The molecule has 100 valence electrons. The van der Waals surface area contributed by atoms with Crippen molar-refractivity contribution >= 4 is 5.97 Å². The van der Waals surface area contributed by atoms with Crippen LogP contribution in [-0.2, 0) is 9.53 Å². The zero-order valence-corrected chi connectivity index (χ0v) is 11.4. The van der Waals surface area contributed by atoms with Crippen LogP contribution in [0.2, 0.25) is 0 Å². The van der Waals surface area contributed by atoms with Crippen LogP contribution in [0.3, 0.4) is 0 Å². The van der Waals surface area contributed by atoms with Gasteiger partial charge in [0.15, 0.2) is 0 Å². The molecule has 4 heteroatoms. The van der Waals surface area contributed by atoms with Crippen molar-refractivity contribution in [1.29, 1.82) is 0 Å². The Bertz CT molecular complexity index is 225. The lowest BCUT2D eigenvalue weighted by atomic mass is 10.0. The van der Waals surface area contributed by atoms with E-state index in [1.165, 1.54) is 20.1 Å². The largest absolute Gasteiger partial charge is 0.468 e. The SMILES string of the molecule is CCCN1CCC(NC(CC)C(=O)OC)CC1. The van der Waals surface area contributed by atoms with E-state index in [-0.39, 0.29) is 12.0 Å². The number of methoxy groups -OCH3 is 1. The summed E-state index contributed by atoms with van der Waals surface area (Å²) in [5.41, 5.74) is 0. The molecule has 1 N–H and O–H groups in total. The first-order valence-corrected chi connectivity index (χ1v) is 6.77. The van der Waals surface area contributed by atoms with E-state index in [2.05, 4.69) is 17.1 Å². The highest BCUT2D eigenvalue weighted by molar-refractivity contribution is 5.75. The van der Waals surface area contributed by atoms with Gasteiger partial charge in [-0.05, 0) is 45.3 Å². The van der Waals surface area contributed by atoms with Crippen molar-refractivity contribution in [2.45, 2.75) is 51.6 Å². The van der Waals surface area contributed by atoms with E-state index in [9.17, 15) is 4.79 Å². The normalized spacial score (nSPS) is 20.2. The molecule has 1 saturated heterocycles. The van der Waals surface area contributed by atoms with Crippen molar-refractivity contribution in [2.24, 2.45) is 0 Å². The molecule has 1 fully saturated rings. The number of ether oxygens (including phenoxy) is 1. The lowest BCUT2D eigenvalue weighted by Crippen LogP contribution is -2.48. The molecule has 1 aliphatic rings. The molecule has 0 aromatic heterocycles. The van der Waals surface area contributed by atoms with Crippen LogP contribution in [0.5, 0.6) is 0 Å². The molecular formula is C13H26N2O2. The minimum atomic E-state index is -0.136. The number of esters is 1. The number of nitrogens with zero attached hydrogens (tertiary/aromatic N) is 1. The van der Waals surface area contributed by atoms with Crippen molar-refractivity contribution in [2.75, 3.05) is 26.7 Å². The predicted octanol–water partition coefficient (Wildman–Crippen LogP) is 1.40. The lowest BCUT2D eigenvalue weighted by Gasteiger charge is -2.33. The summed E-state index contributed by atoms with van der Waals surface area (Å²) in [7, 11) is 1.45. The second-order valence-corrected chi connectivity index (χ2v) is 4.77. The molecule has 0 saturated carbocycles. The van der Waals surface area contributed by atoms with E-state index >= 15 is 0 Å². The van der Waals surface area contributed by atoms with Gasteiger partial charge in [-0.3, -0.25) is 4.79 Å². The number of hydrogen-bond acceptors (Lipinski definition) is 4. The molecule has 1 rings (SSSR count). The molecule has 4 nitrogen and oxygen atoms in total. The third-order valence-corrected chi connectivity index (χ3v) is 3.46. The molecule has 1 aliphatic heterocycles. The van der Waals surface area contributed by atoms with Crippen molar-refractivity contribution in [3.05, 3.63) is 0 Å². The van der Waals surface area contributed by atoms with E-state index in [0.29, 0.717) is 6.04 Å². The summed E-state index contributed by atoms with van der Waals surface area (Å²) in [5, 5.41) is 3.42. The van der Waals surface area contributed by atoms with Gasteiger partial charge < -0.3 is 15.0 Å². The van der Waals surface area contributed by atoms with Gasteiger partial charge in [-0.2, -0.15) is 0 Å². The van der Waals surface area contributed by atoms with E-state index in [0.717, 1.165) is 32.4 Å². The number of piperidine rings is 1. The van der Waals surface area contributed by atoms with Gasteiger partial charge in [0.05, 0.1) is 7.11 Å². The molecular weight excluding hydrogens is 216 g/mol. The first-order valence-electron chi connectivity index (χ1n) is 6.77. The van der Waals surface area contributed by atoms with Crippen molar-refractivity contribution < 1.29 is 9.53 Å². The molecule has 0 amide bonds. The lowest BCUT2D eigenvalue weighted by molar-refractivity contribution is -0.143. The Morgan fingerprint density at radius 1 is 1.41 bits per heavy atom. The summed E-state index contributed by atoms with van der Waals surface area (Å²) < 4.78 is 4.79. The van der Waals surface area contributed by atoms with Crippen LogP contribution >= 0.6 is 0 Å². The van der Waals surface area contributed by atoms with Crippen LogP contribution in [0.25, 0.3) is 0 Å². The molecule has 1 heterocycles. The standard InChI is InChI=1S/C13H26N2O2/c1-4-8-15-9-6-11(7-10-15)14-12(5-2)13(16)17-3/h11-12,14H,4-10H2,1-3H3. The number of rotatable bonds is 6. The van der Waals surface area contributed by atoms with Crippen molar-refractivity contribution in [3.8, 4) is 0 Å². The smallest absolute Gasteiger partial charge is 0.322 e. The maximum atomic E-state index is 11.5. The van der Waals surface area contributed by atoms with E-state index in [1.54, 1.807) is 0 Å². The maximum Gasteiger partial charge on any atom is 0.322 e. The minimum absolute atomic E-state index is 0.136. The Kier molecular flexibility index (Phi) is 6.52. The molecule has 0 radical (unpaired) electrons. The summed E-state index contributed by atoms with van der Waals surface area (Å²) in [6.07, 6.45) is 4.28. The molecule has 1 unspecified atom stereocenters. The van der Waals surface area contributed by atoms with Crippen LogP contribution in [0, 0.1) is 0 Å². The minimum Gasteiger partial charge on any atom is -0.468 e. The maximum absolute atomic E-state index is 11.5. The monoisotopic (exact) mass is 242 g/mol. The second-order valence-electron chi connectivity index (χ2n) is 4.77. The first kappa shape index (κ1) is 14.5. The van der Waals surface area contributed by atoms with Crippen molar-refractivity contribution in [1.82, 2.24) is 10.2 Å². The van der Waals surface area contributed by atoms with Gasteiger partial charge in [-0.1, -0.05) is 13.8 Å². The number of carbonyl (C=O) groups is 1. The summed E-state index contributed by atoms with van der Waals surface area (Å²) >= 11 is 0. The molecule has 0 aromatic carbocycles. The van der Waals surface area contributed by atoms with Gasteiger partial charge >= 0.3 is 5.97 Å². The quantitative estimate of drug-likeness (QED) is 0.715. The van der Waals surface area contributed by atoms with Crippen LogP contribution in [0.15, 0.2) is 0 Å². The van der Waals surface area contributed by atoms with E-state index in [4.69, 9.17) is 4.74 Å². The first-order chi connectivity index (χ1) is 8.21. The van der Waals surface area contributed by atoms with Gasteiger partial charge in [0.1, 0.15) is 6.04 Å². The molecule has 0 aliphatic carbocycles. The fraction of sp³-hybridized carbons (Fsp3) is 0.923. The fourth-order valence-electron chi connectivity index (χ4n) is 2.42. The Morgan fingerprint density at radius 2 is 2.06 bits per heavy atom. The third-order valence-electron chi connectivity index (χ3n) is 3.46. The van der Waals surface area contributed by atoms with Gasteiger partial charge in [-0.15, -0.1) is 0 Å². The molecule has 0 spiro atoms. The van der Waals surface area contributed by atoms with Crippen LogP contribution in [0.4, 0.5) is 0 Å². The highest BCUT2D eigenvalue weighted by Gasteiger charge is 2.24. The van der Waals surface area contributed by atoms with Crippen LogP contribution in [0.1, 0.15) is 39.5 Å². The molecule has 17 heavy (non-hydrogen) atoms. The highest BCUT2D eigenvalue weighted by Crippen LogP contribution is 2.12. The van der Waals surface area contributed by atoms with E-state index < -0.39 is 0 Å². The zero-order valence-electron chi connectivity index (χ0n) is 11.4. The predicted molar refractivity (Wildman–Crippen MR) is 69.0 cm³/mol. The van der Waals surface area contributed by atoms with Gasteiger partial charge in [-0.25, -0.2) is 0 Å². The summed E-state index contributed by atoms with van der Waals surface area (Å²) in [6, 6.07) is 0.329. The Balaban J connectivity index is 2.31. The summed E-state index contributed by atoms with van der Waals surface area (Å²) in [5.74, 6) is -0.136. The Labute approximate surface area is 105 Å². The number of likely N-dealkylation sites (tertiary alicyclic amines) is 1. The Morgan fingerprint density at radius 3 is 2.53 bits per heavy atom.